The first-order chi connectivity index (χ1) is 6.06. The summed E-state index contributed by atoms with van der Waals surface area (Å²) in [7, 11) is 1.47. The molecule has 1 aromatic rings. The highest BCUT2D eigenvalue weighted by Gasteiger charge is 2.13. The Morgan fingerprint density at radius 2 is 2.15 bits per heavy atom. The molecule has 0 atom stereocenters. The highest BCUT2D eigenvalue weighted by Crippen LogP contribution is 2.27. The van der Waals surface area contributed by atoms with E-state index < -0.39 is 5.91 Å². The van der Waals surface area contributed by atoms with Crippen LogP contribution < -0.4 is 10.5 Å². The van der Waals surface area contributed by atoms with E-state index in [1.165, 1.54) is 7.11 Å². The van der Waals surface area contributed by atoms with E-state index in [4.69, 9.17) is 22.1 Å². The van der Waals surface area contributed by atoms with Crippen LogP contribution in [0, 0.1) is 6.92 Å². The molecule has 0 radical (unpaired) electrons. The predicted octanol–water partition coefficient (Wildman–Crippen LogP) is 1.76. The van der Waals surface area contributed by atoms with Crippen LogP contribution in [0.3, 0.4) is 0 Å². The molecule has 4 heteroatoms. The topological polar surface area (TPSA) is 52.3 Å². The lowest BCUT2D eigenvalue weighted by molar-refractivity contribution is 0.0997. The molecule has 70 valence electrons. The van der Waals surface area contributed by atoms with Crippen molar-refractivity contribution in [1.29, 1.82) is 0 Å². The van der Waals surface area contributed by atoms with E-state index in [1.807, 2.05) is 6.92 Å². The van der Waals surface area contributed by atoms with Gasteiger partial charge >= 0.3 is 0 Å². The van der Waals surface area contributed by atoms with Crippen molar-refractivity contribution in [2.75, 3.05) is 7.11 Å². The van der Waals surface area contributed by atoms with Crippen LogP contribution >= 0.6 is 11.6 Å². The smallest absolute Gasteiger partial charge is 0.253 e. The molecule has 2 N–H and O–H groups in total. The van der Waals surface area contributed by atoms with Crippen molar-refractivity contribution in [2.45, 2.75) is 6.92 Å². The number of methoxy groups -OCH3 is 1. The van der Waals surface area contributed by atoms with Gasteiger partial charge in [-0.15, -0.1) is 0 Å². The number of carbonyl (C=O) groups excluding carboxylic acids is 1. The summed E-state index contributed by atoms with van der Waals surface area (Å²) in [5.41, 5.74) is 6.29. The van der Waals surface area contributed by atoms with Gasteiger partial charge in [0.05, 0.1) is 17.7 Å². The Balaban J connectivity index is 3.38. The molecule has 3 nitrogen and oxygen atoms in total. The van der Waals surface area contributed by atoms with Gasteiger partial charge in [0, 0.05) is 0 Å². The second-order valence-electron chi connectivity index (χ2n) is 2.69. The maximum absolute atomic E-state index is 11.0. The van der Waals surface area contributed by atoms with Crippen LogP contribution in [-0.4, -0.2) is 13.0 Å². The van der Waals surface area contributed by atoms with Crippen molar-refractivity contribution >= 4 is 17.5 Å². The number of benzene rings is 1. The van der Waals surface area contributed by atoms with Gasteiger partial charge in [-0.1, -0.05) is 11.6 Å². The van der Waals surface area contributed by atoms with Crippen molar-refractivity contribution in [3.63, 3.8) is 0 Å². The number of halogens is 1. The molecule has 0 unspecified atom stereocenters. The van der Waals surface area contributed by atoms with Crippen LogP contribution in [-0.2, 0) is 0 Å². The lowest BCUT2D eigenvalue weighted by Gasteiger charge is -2.08. The van der Waals surface area contributed by atoms with Crippen LogP contribution in [0.1, 0.15) is 15.9 Å². The highest BCUT2D eigenvalue weighted by atomic mass is 35.5. The second-order valence-corrected chi connectivity index (χ2v) is 3.10. The summed E-state index contributed by atoms with van der Waals surface area (Å²) in [5.74, 6) is -0.167. The third kappa shape index (κ3) is 1.92. The van der Waals surface area contributed by atoms with Gasteiger partial charge in [0.25, 0.3) is 5.91 Å². The molecule has 0 saturated carbocycles. The monoisotopic (exact) mass is 199 g/mol. The Bertz CT molecular complexity index is 350. The minimum absolute atomic E-state index is 0.231. The molecule has 0 bridgehead atoms. The second kappa shape index (κ2) is 3.66. The molecule has 0 fully saturated rings. The molecule has 0 spiro atoms. The molecule has 1 rings (SSSR count). The molecular formula is C9H10ClNO2. The van der Waals surface area contributed by atoms with E-state index >= 15 is 0 Å². The fraction of sp³-hybridized carbons (Fsp3) is 0.222. The first-order valence-electron chi connectivity index (χ1n) is 3.70. The number of aryl methyl sites for hydroxylation is 1. The summed E-state index contributed by atoms with van der Waals surface area (Å²) >= 11 is 5.83. The summed E-state index contributed by atoms with van der Waals surface area (Å²) in [6, 6.07) is 3.39. The SMILES string of the molecule is COc1cc(C)cc(Cl)c1C(N)=O. The number of nitrogens with two attached hydrogens (primary N) is 1. The van der Waals surface area contributed by atoms with Gasteiger partial charge in [0.2, 0.25) is 0 Å². The maximum atomic E-state index is 11.0. The van der Waals surface area contributed by atoms with E-state index in [0.717, 1.165) is 5.56 Å². The molecule has 13 heavy (non-hydrogen) atoms. The zero-order chi connectivity index (χ0) is 10.0. The van der Waals surface area contributed by atoms with Crippen LogP contribution in [0.4, 0.5) is 0 Å². The van der Waals surface area contributed by atoms with Gasteiger partial charge in [-0.05, 0) is 24.6 Å². The van der Waals surface area contributed by atoms with Crippen LogP contribution in [0.25, 0.3) is 0 Å². The van der Waals surface area contributed by atoms with E-state index in [2.05, 4.69) is 0 Å². The standard InChI is InChI=1S/C9H10ClNO2/c1-5-3-6(10)8(9(11)12)7(4-5)13-2/h3-4H,1-2H3,(H2,11,12). The number of ether oxygens (including phenoxy) is 1. The number of carbonyl (C=O) groups is 1. The zero-order valence-electron chi connectivity index (χ0n) is 7.43. The summed E-state index contributed by atoms with van der Waals surface area (Å²) in [4.78, 5) is 11.0. The summed E-state index contributed by atoms with van der Waals surface area (Å²) < 4.78 is 4.98. The molecule has 0 aromatic heterocycles. The first kappa shape index (κ1) is 9.86. The number of hydrogen-bond donors (Lipinski definition) is 1. The van der Waals surface area contributed by atoms with Gasteiger partial charge in [0.1, 0.15) is 5.75 Å². The molecule has 1 aromatic carbocycles. The Morgan fingerprint density at radius 3 is 2.62 bits per heavy atom. The summed E-state index contributed by atoms with van der Waals surface area (Å²) in [6.45, 7) is 1.86. The van der Waals surface area contributed by atoms with Crippen molar-refractivity contribution < 1.29 is 9.53 Å². The van der Waals surface area contributed by atoms with Crippen LogP contribution in [0.5, 0.6) is 5.75 Å². The highest BCUT2D eigenvalue weighted by molar-refractivity contribution is 6.34. The quantitative estimate of drug-likeness (QED) is 0.789. The third-order valence-electron chi connectivity index (χ3n) is 1.66. The normalized spacial score (nSPS) is 9.77. The number of rotatable bonds is 2. The number of amides is 1. The van der Waals surface area contributed by atoms with Crippen molar-refractivity contribution in [2.24, 2.45) is 5.73 Å². The van der Waals surface area contributed by atoms with Crippen LogP contribution in [0.2, 0.25) is 5.02 Å². The average Bonchev–Trinajstić information content (AvgIpc) is 2.01. The van der Waals surface area contributed by atoms with E-state index in [-0.39, 0.29) is 5.56 Å². The average molecular weight is 200 g/mol. The van der Waals surface area contributed by atoms with Gasteiger partial charge in [-0.25, -0.2) is 0 Å². The maximum Gasteiger partial charge on any atom is 0.253 e. The largest absolute Gasteiger partial charge is 0.496 e. The van der Waals surface area contributed by atoms with Crippen molar-refractivity contribution in [1.82, 2.24) is 0 Å². The first-order valence-corrected chi connectivity index (χ1v) is 4.08. The molecule has 0 aliphatic carbocycles. The van der Waals surface area contributed by atoms with E-state index in [0.29, 0.717) is 10.8 Å². The van der Waals surface area contributed by atoms with E-state index in [1.54, 1.807) is 12.1 Å². The molecule has 0 aliphatic rings. The Labute approximate surface area is 81.4 Å². The van der Waals surface area contributed by atoms with Crippen molar-refractivity contribution in [3.05, 3.63) is 28.3 Å². The number of primary amides is 1. The molecule has 0 heterocycles. The predicted molar refractivity (Wildman–Crippen MR) is 51.3 cm³/mol. The number of hydrogen-bond acceptors (Lipinski definition) is 2. The van der Waals surface area contributed by atoms with Gasteiger partial charge < -0.3 is 10.5 Å². The lowest BCUT2D eigenvalue weighted by atomic mass is 10.1. The molecule has 0 aliphatic heterocycles. The minimum atomic E-state index is -0.582. The lowest BCUT2D eigenvalue weighted by Crippen LogP contribution is -2.13. The summed E-state index contributed by atoms with van der Waals surface area (Å²) in [5, 5.41) is 0.323. The fourth-order valence-corrected chi connectivity index (χ4v) is 1.47. The van der Waals surface area contributed by atoms with Crippen LogP contribution in [0.15, 0.2) is 12.1 Å². The van der Waals surface area contributed by atoms with E-state index in [9.17, 15) is 4.79 Å². The Hall–Kier alpha value is -1.22. The van der Waals surface area contributed by atoms with Gasteiger partial charge in [0.15, 0.2) is 0 Å². The zero-order valence-corrected chi connectivity index (χ0v) is 8.18. The molecular weight excluding hydrogens is 190 g/mol. The fourth-order valence-electron chi connectivity index (χ4n) is 1.11. The molecule has 1 amide bonds. The summed E-state index contributed by atoms with van der Waals surface area (Å²) in [6.07, 6.45) is 0. The Kier molecular flexibility index (Phi) is 2.78. The van der Waals surface area contributed by atoms with Gasteiger partial charge in [-0.3, -0.25) is 4.79 Å². The minimum Gasteiger partial charge on any atom is -0.496 e. The molecule has 0 saturated heterocycles. The van der Waals surface area contributed by atoms with Gasteiger partial charge in [-0.2, -0.15) is 0 Å². The van der Waals surface area contributed by atoms with Crippen molar-refractivity contribution in [3.8, 4) is 5.75 Å². The Morgan fingerprint density at radius 1 is 1.54 bits per heavy atom. The third-order valence-corrected chi connectivity index (χ3v) is 1.96.